The molecule has 0 bridgehead atoms. The average Bonchev–Trinajstić information content (AvgIpc) is 3.73. The number of nitrogens with zero attached hydrogens (tertiary/aromatic N) is 3. The summed E-state index contributed by atoms with van der Waals surface area (Å²) in [5.74, 6) is -1.45. The van der Waals surface area contributed by atoms with E-state index in [1.54, 1.807) is 24.0 Å². The largest absolute Gasteiger partial charge is 0.371 e. The number of rotatable bonds is 8. The number of benzene rings is 3. The smallest absolute Gasteiger partial charge is 0.257 e. The number of likely N-dealkylation sites (tertiary alicyclic amines) is 2. The van der Waals surface area contributed by atoms with Crippen LogP contribution in [0.3, 0.4) is 0 Å². The van der Waals surface area contributed by atoms with Gasteiger partial charge in [-0.25, -0.2) is 4.39 Å². The molecule has 45 heavy (non-hydrogen) atoms. The zero-order valence-corrected chi connectivity index (χ0v) is 27.0. The zero-order chi connectivity index (χ0) is 31.5. The molecule has 3 aliphatic heterocycles. The van der Waals surface area contributed by atoms with Crippen molar-refractivity contribution in [3.8, 4) is 0 Å². The van der Waals surface area contributed by atoms with E-state index >= 15 is 4.39 Å². The van der Waals surface area contributed by atoms with Gasteiger partial charge < -0.3 is 15.1 Å². The van der Waals surface area contributed by atoms with Crippen molar-refractivity contribution < 1.29 is 14.0 Å². The summed E-state index contributed by atoms with van der Waals surface area (Å²) in [4.78, 5) is 34.9. The van der Waals surface area contributed by atoms with Crippen molar-refractivity contribution in [1.29, 1.82) is 0 Å². The van der Waals surface area contributed by atoms with Gasteiger partial charge in [-0.2, -0.15) is 0 Å². The Morgan fingerprint density at radius 2 is 1.67 bits per heavy atom. The number of amides is 2. The van der Waals surface area contributed by atoms with Crippen molar-refractivity contribution in [3.05, 3.63) is 94.3 Å². The third-order valence-electron chi connectivity index (χ3n) is 10.2. The lowest BCUT2D eigenvalue weighted by Crippen LogP contribution is -2.46. The summed E-state index contributed by atoms with van der Waals surface area (Å²) in [6.45, 7) is 10.8. The van der Waals surface area contributed by atoms with E-state index in [2.05, 4.69) is 65.4 Å². The predicted molar refractivity (Wildman–Crippen MR) is 179 cm³/mol. The SMILES string of the molecule is CCc1ccc(NC(=O)[C@H]2CCCN(C(=O)c3c(C)cccc3F)[C@H]2c2ccc(CN3CCCC3C)cc2)cc1N1CCCC1. The topological polar surface area (TPSA) is 55.9 Å². The van der Waals surface area contributed by atoms with E-state index in [-0.39, 0.29) is 17.4 Å². The van der Waals surface area contributed by atoms with Crippen LogP contribution in [0.25, 0.3) is 0 Å². The van der Waals surface area contributed by atoms with Crippen molar-refractivity contribution in [2.45, 2.75) is 84.3 Å². The first-order chi connectivity index (χ1) is 21.8. The standard InChI is InChI=1S/C38H47FN4O2/c1-4-29-18-19-31(24-34(29)41-20-5-6-21-41)40-37(44)32-12-9-23-43(38(45)35-26(2)10-7-13-33(35)39)36(32)30-16-14-28(15-17-30)25-42-22-8-11-27(42)3/h7,10,13-19,24,27,32,36H,4-6,8-9,11-12,20-23,25H2,1-3H3,(H,40,44)/t27?,32-,36-/m0/s1. The van der Waals surface area contributed by atoms with Crippen molar-refractivity contribution in [2.75, 3.05) is 36.4 Å². The van der Waals surface area contributed by atoms with E-state index in [1.807, 2.05) is 6.07 Å². The lowest BCUT2D eigenvalue weighted by Gasteiger charge is -2.41. The van der Waals surface area contributed by atoms with Crippen LogP contribution < -0.4 is 10.2 Å². The molecule has 3 heterocycles. The minimum absolute atomic E-state index is 0.0913. The molecule has 1 unspecified atom stereocenters. The summed E-state index contributed by atoms with van der Waals surface area (Å²) in [6.07, 6.45) is 7.08. The van der Waals surface area contributed by atoms with Crippen LogP contribution in [-0.4, -0.2) is 53.8 Å². The normalized spacial score (nSPS) is 22.2. The summed E-state index contributed by atoms with van der Waals surface area (Å²) >= 11 is 0. The molecule has 3 atom stereocenters. The monoisotopic (exact) mass is 610 g/mol. The molecular weight excluding hydrogens is 563 g/mol. The van der Waals surface area contributed by atoms with Crippen LogP contribution in [0, 0.1) is 18.7 Å². The molecular formula is C38H47FN4O2. The maximum Gasteiger partial charge on any atom is 0.257 e. The Kier molecular flexibility index (Phi) is 9.55. The number of carbonyl (C=O) groups is 2. The van der Waals surface area contributed by atoms with Crippen LogP contribution in [-0.2, 0) is 17.8 Å². The van der Waals surface area contributed by atoms with Crippen LogP contribution in [0.1, 0.15) is 91.0 Å². The van der Waals surface area contributed by atoms with Gasteiger partial charge in [0.05, 0.1) is 17.5 Å². The predicted octanol–water partition coefficient (Wildman–Crippen LogP) is 7.51. The Labute approximate surface area is 267 Å². The Morgan fingerprint density at radius 3 is 2.36 bits per heavy atom. The fourth-order valence-corrected chi connectivity index (χ4v) is 7.67. The third-order valence-corrected chi connectivity index (χ3v) is 10.2. The van der Waals surface area contributed by atoms with Gasteiger partial charge in [-0.1, -0.05) is 49.4 Å². The van der Waals surface area contributed by atoms with Crippen LogP contribution in [0.15, 0.2) is 60.7 Å². The molecule has 3 aromatic carbocycles. The molecule has 0 radical (unpaired) electrons. The quantitative estimate of drug-likeness (QED) is 0.287. The van der Waals surface area contributed by atoms with Gasteiger partial charge in [-0.15, -0.1) is 0 Å². The molecule has 3 aliphatic rings. The van der Waals surface area contributed by atoms with Crippen molar-refractivity contribution in [2.24, 2.45) is 5.92 Å². The molecule has 0 saturated carbocycles. The molecule has 2 amide bonds. The highest BCUT2D eigenvalue weighted by atomic mass is 19.1. The second kappa shape index (κ2) is 13.7. The van der Waals surface area contributed by atoms with Gasteiger partial charge in [-0.05, 0) is 106 Å². The van der Waals surface area contributed by atoms with Gasteiger partial charge in [0.25, 0.3) is 5.91 Å². The molecule has 0 spiro atoms. The molecule has 0 aromatic heterocycles. The van der Waals surface area contributed by atoms with E-state index in [1.165, 1.54) is 48.6 Å². The van der Waals surface area contributed by atoms with E-state index in [0.29, 0.717) is 31.0 Å². The van der Waals surface area contributed by atoms with E-state index in [9.17, 15) is 9.59 Å². The van der Waals surface area contributed by atoms with Gasteiger partial charge in [0.2, 0.25) is 5.91 Å². The summed E-state index contributed by atoms with van der Waals surface area (Å²) in [5.41, 5.74) is 6.08. The molecule has 6 rings (SSSR count). The second-order valence-electron chi connectivity index (χ2n) is 13.2. The minimum Gasteiger partial charge on any atom is -0.371 e. The summed E-state index contributed by atoms with van der Waals surface area (Å²) in [5, 5.41) is 3.23. The first kappa shape index (κ1) is 31.3. The van der Waals surface area contributed by atoms with E-state index in [0.717, 1.165) is 43.9 Å². The first-order valence-electron chi connectivity index (χ1n) is 16.9. The number of hydrogen-bond acceptors (Lipinski definition) is 4. The number of anilines is 2. The van der Waals surface area contributed by atoms with Crippen molar-refractivity contribution in [1.82, 2.24) is 9.80 Å². The number of halogens is 1. The Balaban J connectivity index is 1.31. The number of carbonyl (C=O) groups excluding carboxylic acids is 2. The highest BCUT2D eigenvalue weighted by molar-refractivity contribution is 5.98. The van der Waals surface area contributed by atoms with Gasteiger partial charge >= 0.3 is 0 Å². The highest BCUT2D eigenvalue weighted by Gasteiger charge is 2.40. The van der Waals surface area contributed by atoms with E-state index < -0.39 is 17.8 Å². The Bertz CT molecular complexity index is 1500. The first-order valence-corrected chi connectivity index (χ1v) is 16.9. The number of hydrogen-bond donors (Lipinski definition) is 1. The number of nitrogens with one attached hydrogen (secondary N) is 1. The average molecular weight is 611 g/mol. The molecule has 0 aliphatic carbocycles. The molecule has 7 heteroatoms. The van der Waals surface area contributed by atoms with Crippen molar-refractivity contribution in [3.63, 3.8) is 0 Å². The molecule has 3 saturated heterocycles. The second-order valence-corrected chi connectivity index (χ2v) is 13.2. The molecule has 3 aromatic rings. The van der Waals surface area contributed by atoms with Crippen LogP contribution in [0.4, 0.5) is 15.8 Å². The fourth-order valence-electron chi connectivity index (χ4n) is 7.67. The van der Waals surface area contributed by atoms with Gasteiger partial charge in [0.15, 0.2) is 0 Å². The molecule has 6 nitrogen and oxygen atoms in total. The van der Waals surface area contributed by atoms with Crippen LogP contribution in [0.5, 0.6) is 0 Å². The van der Waals surface area contributed by atoms with Gasteiger partial charge in [0, 0.05) is 43.6 Å². The van der Waals surface area contributed by atoms with E-state index in [4.69, 9.17) is 0 Å². The molecule has 3 fully saturated rings. The fraction of sp³-hybridized carbons (Fsp3) is 0.474. The van der Waals surface area contributed by atoms with Gasteiger partial charge in [-0.3, -0.25) is 14.5 Å². The Morgan fingerprint density at radius 1 is 0.911 bits per heavy atom. The maximum absolute atomic E-state index is 15.1. The van der Waals surface area contributed by atoms with Crippen LogP contribution in [0.2, 0.25) is 0 Å². The molecule has 1 N–H and O–H groups in total. The third kappa shape index (κ3) is 6.64. The molecule has 238 valence electrons. The number of piperidine rings is 1. The number of aryl methyl sites for hydroxylation is 2. The van der Waals surface area contributed by atoms with Crippen molar-refractivity contribution >= 4 is 23.2 Å². The van der Waals surface area contributed by atoms with Gasteiger partial charge in [0.1, 0.15) is 5.82 Å². The minimum atomic E-state index is -0.522. The summed E-state index contributed by atoms with van der Waals surface area (Å²) < 4.78 is 15.1. The zero-order valence-electron chi connectivity index (χ0n) is 27.0. The lowest BCUT2D eigenvalue weighted by molar-refractivity contribution is -0.123. The lowest BCUT2D eigenvalue weighted by atomic mass is 9.83. The summed E-state index contributed by atoms with van der Waals surface area (Å²) in [6, 6.07) is 19.5. The highest BCUT2D eigenvalue weighted by Crippen LogP contribution is 2.39. The van der Waals surface area contributed by atoms with Crippen LogP contribution >= 0.6 is 0 Å². The Hall–Kier alpha value is -3.71. The maximum atomic E-state index is 15.1. The summed E-state index contributed by atoms with van der Waals surface area (Å²) in [7, 11) is 0.